The summed E-state index contributed by atoms with van der Waals surface area (Å²) in [5.74, 6) is -0.827. The lowest BCUT2D eigenvalue weighted by Gasteiger charge is -2.04. The van der Waals surface area contributed by atoms with Gasteiger partial charge in [0.05, 0.1) is 6.54 Å². The van der Waals surface area contributed by atoms with Crippen LogP contribution in [0.5, 0.6) is 0 Å². The predicted molar refractivity (Wildman–Crippen MR) is 112 cm³/mol. The summed E-state index contributed by atoms with van der Waals surface area (Å²) >= 11 is 3.44. The maximum atomic E-state index is 13.5. The fourth-order valence-electron chi connectivity index (χ4n) is 3.20. The zero-order chi connectivity index (χ0) is 22.2. The van der Waals surface area contributed by atoms with E-state index in [1.165, 1.54) is 27.7 Å². The number of hydrogen-bond acceptors (Lipinski definition) is 7. The molecule has 0 atom stereocenters. The highest BCUT2D eigenvalue weighted by Crippen LogP contribution is 2.25. The van der Waals surface area contributed by atoms with Gasteiger partial charge in [-0.05, 0) is 29.8 Å². The van der Waals surface area contributed by atoms with Crippen molar-refractivity contribution >= 4 is 27.1 Å². The summed E-state index contributed by atoms with van der Waals surface area (Å²) in [6.07, 6.45) is 1.30. The predicted octanol–water partition coefficient (Wildman–Crippen LogP) is 3.18. The van der Waals surface area contributed by atoms with Crippen LogP contribution in [-0.2, 0) is 13.1 Å². The van der Waals surface area contributed by atoms with E-state index < -0.39 is 17.2 Å². The highest BCUT2D eigenvalue weighted by atomic mass is 79.9. The molecule has 0 spiro atoms. The number of rotatable bonds is 5. The van der Waals surface area contributed by atoms with Gasteiger partial charge in [0.25, 0.3) is 5.56 Å². The number of benzene rings is 2. The third-order valence-corrected chi connectivity index (χ3v) is 5.33. The molecule has 0 saturated carbocycles. The average molecular weight is 500 g/mol. The van der Waals surface area contributed by atoms with Crippen molar-refractivity contribution in [3.8, 4) is 11.4 Å². The average Bonchev–Trinajstić information content (AvgIpc) is 3.37. The van der Waals surface area contributed by atoms with Crippen LogP contribution in [0.4, 0.5) is 8.78 Å². The van der Waals surface area contributed by atoms with Crippen LogP contribution in [-0.4, -0.2) is 34.7 Å². The first kappa shape index (κ1) is 20.1. The zero-order valence-corrected chi connectivity index (χ0v) is 17.7. The summed E-state index contributed by atoms with van der Waals surface area (Å²) in [5.41, 5.74) is 0.809. The molecule has 0 aliphatic carbocycles. The Morgan fingerprint density at radius 3 is 2.62 bits per heavy atom. The summed E-state index contributed by atoms with van der Waals surface area (Å²) in [4.78, 5) is 21.4. The lowest BCUT2D eigenvalue weighted by molar-refractivity contribution is 0.369. The Balaban J connectivity index is 1.42. The van der Waals surface area contributed by atoms with Crippen molar-refractivity contribution in [3.05, 3.63) is 86.7 Å². The molecule has 3 heterocycles. The summed E-state index contributed by atoms with van der Waals surface area (Å²) in [5, 5.41) is 11.7. The van der Waals surface area contributed by atoms with Gasteiger partial charge in [-0.1, -0.05) is 38.4 Å². The second kappa shape index (κ2) is 8.04. The molecule has 0 aliphatic heterocycles. The molecular weight excluding hydrogens is 488 g/mol. The molecule has 0 amide bonds. The molecular formula is C20H12BrF2N7O2. The highest BCUT2D eigenvalue weighted by Gasteiger charge is 2.16. The second-order valence-corrected chi connectivity index (χ2v) is 7.72. The minimum Gasteiger partial charge on any atom is -0.337 e. The Morgan fingerprint density at radius 1 is 1.06 bits per heavy atom. The standard InChI is InChI=1S/C20H12BrF2N7O2/c21-15-4-2-1-3-14(15)18-25-16(32-27-18)9-29-10-24-19-17(20(29)31)26-28-30(19)8-11-5-12(22)7-13(23)6-11/h1-7,10H,8-9H2. The molecule has 0 unspecified atom stereocenters. The summed E-state index contributed by atoms with van der Waals surface area (Å²) in [6, 6.07) is 10.5. The van der Waals surface area contributed by atoms with E-state index in [-0.39, 0.29) is 30.1 Å². The monoisotopic (exact) mass is 499 g/mol. The van der Waals surface area contributed by atoms with Crippen molar-refractivity contribution in [3.63, 3.8) is 0 Å². The van der Waals surface area contributed by atoms with Gasteiger partial charge >= 0.3 is 0 Å². The number of halogens is 3. The lowest BCUT2D eigenvalue weighted by atomic mass is 10.2. The maximum Gasteiger partial charge on any atom is 0.283 e. The molecule has 3 aromatic heterocycles. The van der Waals surface area contributed by atoms with Crippen LogP contribution in [0.25, 0.3) is 22.6 Å². The van der Waals surface area contributed by atoms with Gasteiger partial charge in [-0.15, -0.1) is 5.10 Å². The second-order valence-electron chi connectivity index (χ2n) is 6.87. The van der Waals surface area contributed by atoms with Gasteiger partial charge in [0.15, 0.2) is 11.2 Å². The molecule has 12 heteroatoms. The van der Waals surface area contributed by atoms with E-state index in [4.69, 9.17) is 4.52 Å². The third kappa shape index (κ3) is 3.80. The topological polar surface area (TPSA) is 105 Å². The van der Waals surface area contributed by atoms with E-state index in [0.29, 0.717) is 11.4 Å². The van der Waals surface area contributed by atoms with E-state index in [0.717, 1.165) is 16.1 Å². The fraction of sp³-hybridized carbons (Fsp3) is 0.100. The normalized spacial score (nSPS) is 11.3. The van der Waals surface area contributed by atoms with Crippen LogP contribution in [0.1, 0.15) is 11.5 Å². The first-order chi connectivity index (χ1) is 15.5. The quantitative estimate of drug-likeness (QED) is 0.365. The van der Waals surface area contributed by atoms with Crippen molar-refractivity contribution in [2.75, 3.05) is 0 Å². The smallest absolute Gasteiger partial charge is 0.283 e. The van der Waals surface area contributed by atoms with Crippen LogP contribution in [0.3, 0.4) is 0 Å². The van der Waals surface area contributed by atoms with Gasteiger partial charge in [0.2, 0.25) is 11.7 Å². The minimum atomic E-state index is -0.707. The van der Waals surface area contributed by atoms with Crippen LogP contribution in [0.2, 0.25) is 0 Å². The molecule has 0 radical (unpaired) electrons. The summed E-state index contributed by atoms with van der Waals surface area (Å²) in [6.45, 7) is -0.0121. The molecule has 5 aromatic rings. The molecule has 0 aliphatic rings. The third-order valence-electron chi connectivity index (χ3n) is 4.63. The molecule has 32 heavy (non-hydrogen) atoms. The first-order valence-electron chi connectivity index (χ1n) is 9.29. The van der Waals surface area contributed by atoms with E-state index in [2.05, 4.69) is 41.4 Å². The Morgan fingerprint density at radius 2 is 1.84 bits per heavy atom. The van der Waals surface area contributed by atoms with Crippen molar-refractivity contribution in [1.82, 2.24) is 34.7 Å². The van der Waals surface area contributed by atoms with Crippen LogP contribution < -0.4 is 5.56 Å². The lowest BCUT2D eigenvalue weighted by Crippen LogP contribution is -2.21. The number of fused-ring (bicyclic) bond motifs is 1. The molecule has 2 aromatic carbocycles. The van der Waals surface area contributed by atoms with Crippen molar-refractivity contribution < 1.29 is 13.3 Å². The molecule has 0 fully saturated rings. The van der Waals surface area contributed by atoms with E-state index >= 15 is 0 Å². The number of aromatic nitrogens is 7. The molecule has 5 rings (SSSR count). The van der Waals surface area contributed by atoms with Crippen molar-refractivity contribution in [2.45, 2.75) is 13.1 Å². The molecule has 0 bridgehead atoms. The van der Waals surface area contributed by atoms with Crippen LogP contribution >= 0.6 is 15.9 Å². The van der Waals surface area contributed by atoms with Gasteiger partial charge < -0.3 is 4.52 Å². The Hall–Kier alpha value is -3.80. The van der Waals surface area contributed by atoms with E-state index in [9.17, 15) is 13.6 Å². The highest BCUT2D eigenvalue weighted by molar-refractivity contribution is 9.10. The molecule has 9 nitrogen and oxygen atoms in total. The van der Waals surface area contributed by atoms with Gasteiger partial charge in [0, 0.05) is 16.1 Å². The molecule has 160 valence electrons. The Labute approximate surface area is 186 Å². The van der Waals surface area contributed by atoms with Crippen LogP contribution in [0.15, 0.2) is 62.6 Å². The van der Waals surface area contributed by atoms with Gasteiger partial charge in [-0.2, -0.15) is 4.98 Å². The van der Waals surface area contributed by atoms with Gasteiger partial charge in [0.1, 0.15) is 24.5 Å². The van der Waals surface area contributed by atoms with Gasteiger partial charge in [-0.3, -0.25) is 9.36 Å². The molecule has 0 saturated heterocycles. The maximum absolute atomic E-state index is 13.5. The number of hydrogen-bond donors (Lipinski definition) is 0. The summed E-state index contributed by atoms with van der Waals surface area (Å²) < 4.78 is 35.5. The summed E-state index contributed by atoms with van der Waals surface area (Å²) in [7, 11) is 0. The van der Waals surface area contributed by atoms with Gasteiger partial charge in [-0.25, -0.2) is 18.4 Å². The van der Waals surface area contributed by atoms with Crippen molar-refractivity contribution in [1.29, 1.82) is 0 Å². The Kier molecular flexibility index (Phi) is 5.05. The van der Waals surface area contributed by atoms with Crippen molar-refractivity contribution in [2.24, 2.45) is 0 Å². The zero-order valence-electron chi connectivity index (χ0n) is 16.1. The SMILES string of the molecule is O=c1c2nnn(Cc3cc(F)cc(F)c3)c2ncn1Cc1nc(-c2ccccc2Br)no1. The van der Waals surface area contributed by atoms with Crippen LogP contribution in [0, 0.1) is 11.6 Å². The number of nitrogens with zero attached hydrogens (tertiary/aromatic N) is 7. The Bertz CT molecular complexity index is 1490. The molecule has 0 N–H and O–H groups in total. The van der Waals surface area contributed by atoms with E-state index in [1.807, 2.05) is 24.3 Å². The minimum absolute atomic E-state index is 0.000601. The fourth-order valence-corrected chi connectivity index (χ4v) is 3.66. The largest absolute Gasteiger partial charge is 0.337 e. The first-order valence-corrected chi connectivity index (χ1v) is 10.1. The van der Waals surface area contributed by atoms with E-state index in [1.54, 1.807) is 0 Å².